The van der Waals surface area contributed by atoms with Crippen molar-refractivity contribution < 1.29 is 34.0 Å². The zero-order chi connectivity index (χ0) is 20.1. The molecule has 0 spiro atoms. The van der Waals surface area contributed by atoms with Crippen LogP contribution in [0.2, 0.25) is 0 Å². The first-order chi connectivity index (χ1) is 12.7. The van der Waals surface area contributed by atoms with Gasteiger partial charge in [0, 0.05) is 5.92 Å². The maximum atomic E-state index is 12.9. The zero-order valence-corrected chi connectivity index (χ0v) is 14.5. The molecule has 0 saturated heterocycles. The molecular formula is C19H20FNO6. The first kappa shape index (κ1) is 20.2. The Labute approximate surface area is 154 Å². The van der Waals surface area contributed by atoms with Crippen LogP contribution in [-0.2, 0) is 9.53 Å². The summed E-state index contributed by atoms with van der Waals surface area (Å²) in [5.41, 5.74) is 6.33. The smallest absolute Gasteiger partial charge is 0.338 e. The minimum atomic E-state index is -1.33. The molecule has 0 aliphatic carbocycles. The van der Waals surface area contributed by atoms with E-state index in [1.54, 1.807) is 6.92 Å². The van der Waals surface area contributed by atoms with Crippen molar-refractivity contribution in [3.05, 3.63) is 59.4 Å². The van der Waals surface area contributed by atoms with Gasteiger partial charge in [-0.15, -0.1) is 0 Å². The largest absolute Gasteiger partial charge is 0.504 e. The van der Waals surface area contributed by atoms with Crippen LogP contribution < -0.4 is 5.73 Å². The Morgan fingerprint density at radius 3 is 2.30 bits per heavy atom. The average molecular weight is 377 g/mol. The third-order valence-corrected chi connectivity index (χ3v) is 4.23. The molecule has 0 aliphatic heterocycles. The Morgan fingerprint density at radius 1 is 1.11 bits per heavy atom. The highest BCUT2D eigenvalue weighted by Crippen LogP contribution is 2.34. The van der Waals surface area contributed by atoms with Gasteiger partial charge < -0.3 is 25.8 Å². The van der Waals surface area contributed by atoms with Crippen molar-refractivity contribution in [1.82, 2.24) is 0 Å². The Bertz CT molecular complexity index is 823. The van der Waals surface area contributed by atoms with Crippen molar-refractivity contribution in [1.29, 1.82) is 0 Å². The fourth-order valence-corrected chi connectivity index (χ4v) is 2.77. The Balaban J connectivity index is 2.17. The van der Waals surface area contributed by atoms with Crippen LogP contribution in [0.5, 0.6) is 11.5 Å². The Morgan fingerprint density at radius 2 is 1.74 bits per heavy atom. The highest BCUT2D eigenvalue weighted by molar-refractivity contribution is 5.89. The number of carboxylic acids is 1. The quantitative estimate of drug-likeness (QED) is 0.430. The lowest BCUT2D eigenvalue weighted by molar-refractivity contribution is -0.139. The van der Waals surface area contributed by atoms with E-state index in [1.165, 1.54) is 30.3 Å². The van der Waals surface area contributed by atoms with E-state index < -0.39 is 41.4 Å². The van der Waals surface area contributed by atoms with Crippen LogP contribution >= 0.6 is 0 Å². The number of phenols is 2. The van der Waals surface area contributed by atoms with Crippen molar-refractivity contribution in [2.45, 2.75) is 18.9 Å². The minimum absolute atomic E-state index is 0.149. The number of halogens is 1. The number of ether oxygens (including phenoxy) is 1. The van der Waals surface area contributed by atoms with Gasteiger partial charge in [-0.25, -0.2) is 9.18 Å². The van der Waals surface area contributed by atoms with E-state index in [9.17, 15) is 29.3 Å². The normalized spacial score (nSPS) is 14.2. The number of carboxylic acid groups (broad SMARTS) is 1. The van der Waals surface area contributed by atoms with Gasteiger partial charge in [0.25, 0.3) is 0 Å². The molecule has 0 fully saturated rings. The molecule has 2 aromatic carbocycles. The minimum Gasteiger partial charge on any atom is -0.504 e. The molecule has 0 amide bonds. The molecule has 0 radical (unpaired) electrons. The standard InChI is InChI=1S/C19H20FNO6/c1-10(9-27-19(26)11-2-5-13(20)6-3-11)16(17(21)18(24)25)12-4-7-14(22)15(23)8-12/h2-8,10,16-17,22-23H,9,21H2,1H3,(H,24,25)/t10?,16?,17-/m0/s1. The molecule has 2 aromatic rings. The second kappa shape index (κ2) is 8.50. The van der Waals surface area contributed by atoms with Gasteiger partial charge in [0.05, 0.1) is 12.2 Å². The monoisotopic (exact) mass is 377 g/mol. The number of esters is 1. The summed E-state index contributed by atoms with van der Waals surface area (Å²) in [6.07, 6.45) is 0. The van der Waals surface area contributed by atoms with Crippen molar-refractivity contribution in [3.8, 4) is 11.5 Å². The van der Waals surface area contributed by atoms with E-state index in [1.807, 2.05) is 0 Å². The number of nitrogens with two attached hydrogens (primary N) is 1. The van der Waals surface area contributed by atoms with Crippen LogP contribution in [0, 0.1) is 11.7 Å². The molecule has 144 valence electrons. The van der Waals surface area contributed by atoms with Crippen molar-refractivity contribution in [2.24, 2.45) is 11.7 Å². The van der Waals surface area contributed by atoms with E-state index in [0.29, 0.717) is 5.56 Å². The average Bonchev–Trinajstić information content (AvgIpc) is 2.63. The van der Waals surface area contributed by atoms with E-state index in [-0.39, 0.29) is 17.9 Å². The summed E-state index contributed by atoms with van der Waals surface area (Å²) < 4.78 is 18.1. The summed E-state index contributed by atoms with van der Waals surface area (Å²) in [4.78, 5) is 23.4. The van der Waals surface area contributed by atoms with Crippen molar-refractivity contribution in [2.75, 3.05) is 6.61 Å². The molecule has 3 atom stereocenters. The topological polar surface area (TPSA) is 130 Å². The van der Waals surface area contributed by atoms with Gasteiger partial charge in [-0.2, -0.15) is 0 Å². The third kappa shape index (κ3) is 4.95. The molecule has 0 aliphatic rings. The number of hydrogen-bond acceptors (Lipinski definition) is 6. The lowest BCUT2D eigenvalue weighted by Crippen LogP contribution is -2.40. The van der Waals surface area contributed by atoms with Crippen LogP contribution in [0.3, 0.4) is 0 Å². The van der Waals surface area contributed by atoms with Crippen molar-refractivity contribution >= 4 is 11.9 Å². The second-order valence-corrected chi connectivity index (χ2v) is 6.22. The van der Waals surface area contributed by atoms with Crippen molar-refractivity contribution in [3.63, 3.8) is 0 Å². The highest BCUT2D eigenvalue weighted by atomic mass is 19.1. The highest BCUT2D eigenvalue weighted by Gasteiger charge is 2.32. The summed E-state index contributed by atoms with van der Waals surface area (Å²) in [7, 11) is 0. The fourth-order valence-electron chi connectivity index (χ4n) is 2.77. The molecule has 0 bridgehead atoms. The van der Waals surface area contributed by atoms with E-state index in [2.05, 4.69) is 0 Å². The fraction of sp³-hybridized carbons (Fsp3) is 0.263. The molecule has 0 heterocycles. The number of carbonyl (C=O) groups excluding carboxylic acids is 1. The van der Waals surface area contributed by atoms with E-state index in [4.69, 9.17) is 10.5 Å². The lowest BCUT2D eigenvalue weighted by Gasteiger charge is -2.27. The zero-order valence-electron chi connectivity index (χ0n) is 14.5. The van der Waals surface area contributed by atoms with Gasteiger partial charge in [-0.05, 0) is 47.9 Å². The van der Waals surface area contributed by atoms with E-state index in [0.717, 1.165) is 12.1 Å². The van der Waals surface area contributed by atoms with Crippen LogP contribution in [0.15, 0.2) is 42.5 Å². The third-order valence-electron chi connectivity index (χ3n) is 4.23. The first-order valence-corrected chi connectivity index (χ1v) is 8.13. The van der Waals surface area contributed by atoms with E-state index >= 15 is 0 Å². The number of rotatable bonds is 7. The van der Waals surface area contributed by atoms with Crippen LogP contribution in [-0.4, -0.2) is 39.9 Å². The Hall–Kier alpha value is -3.13. The molecular weight excluding hydrogens is 357 g/mol. The summed E-state index contributed by atoms with van der Waals surface area (Å²) in [6.45, 7) is 1.50. The number of hydrogen-bond donors (Lipinski definition) is 4. The van der Waals surface area contributed by atoms with Crippen LogP contribution in [0.25, 0.3) is 0 Å². The molecule has 0 aromatic heterocycles. The summed E-state index contributed by atoms with van der Waals surface area (Å²) in [5, 5.41) is 28.4. The van der Waals surface area contributed by atoms with Gasteiger partial charge >= 0.3 is 11.9 Å². The molecule has 0 saturated carbocycles. The molecule has 2 rings (SSSR count). The molecule has 8 heteroatoms. The van der Waals surface area contributed by atoms with Gasteiger partial charge in [-0.3, -0.25) is 4.79 Å². The molecule has 5 N–H and O–H groups in total. The van der Waals surface area contributed by atoms with Gasteiger partial charge in [0.2, 0.25) is 0 Å². The predicted molar refractivity (Wildman–Crippen MR) is 94.0 cm³/mol. The number of aliphatic carboxylic acids is 1. The predicted octanol–water partition coefficient (Wildman–Crippen LogP) is 2.23. The number of aromatic hydroxyl groups is 2. The maximum Gasteiger partial charge on any atom is 0.338 e. The SMILES string of the molecule is CC(COC(=O)c1ccc(F)cc1)C(c1ccc(O)c(O)c1)[C@H](N)C(=O)O. The first-order valence-electron chi connectivity index (χ1n) is 8.13. The summed E-state index contributed by atoms with van der Waals surface area (Å²) >= 11 is 0. The van der Waals surface area contributed by atoms with Gasteiger partial charge in [0.15, 0.2) is 11.5 Å². The summed E-state index contributed by atoms with van der Waals surface area (Å²) in [6, 6.07) is 7.38. The molecule has 27 heavy (non-hydrogen) atoms. The molecule has 7 nitrogen and oxygen atoms in total. The second-order valence-electron chi connectivity index (χ2n) is 6.22. The maximum absolute atomic E-state index is 12.9. The number of benzene rings is 2. The van der Waals surface area contributed by atoms with Gasteiger partial charge in [-0.1, -0.05) is 13.0 Å². The number of phenolic OH excluding ortho intramolecular Hbond substituents is 2. The lowest BCUT2D eigenvalue weighted by atomic mass is 9.82. The summed E-state index contributed by atoms with van der Waals surface area (Å²) in [5.74, 6) is -4.51. The Kier molecular flexibility index (Phi) is 6.36. The van der Waals surface area contributed by atoms with Crippen LogP contribution in [0.4, 0.5) is 4.39 Å². The van der Waals surface area contributed by atoms with Gasteiger partial charge in [0.1, 0.15) is 11.9 Å². The van der Waals surface area contributed by atoms with Crippen LogP contribution in [0.1, 0.15) is 28.8 Å². The molecule has 2 unspecified atom stereocenters. The number of carbonyl (C=O) groups is 2.